The molecule has 2 aromatic carbocycles. The normalized spacial score (nSPS) is 13.2. The first-order chi connectivity index (χ1) is 23.2. The molecule has 4 atom stereocenters. The lowest BCUT2D eigenvalue weighted by molar-refractivity contribution is -0.133. The SMILES string of the molecule is CCCC[C@H](NC(=O)c1ccccc1)C(=O)N[C@@H](CCCCN)C(=O)N[C@@H](CCCN=C(N)N)C(=O)N[C@H](C=O)CCc1ccccc1. The Morgan fingerprint density at radius 1 is 0.708 bits per heavy atom. The Bertz CT molecular complexity index is 1300. The minimum Gasteiger partial charge on any atom is -0.370 e. The van der Waals surface area contributed by atoms with Crippen LogP contribution in [0.4, 0.5) is 0 Å². The maximum absolute atomic E-state index is 13.7. The van der Waals surface area contributed by atoms with Crippen molar-refractivity contribution in [3.05, 3.63) is 71.8 Å². The number of aldehydes is 1. The van der Waals surface area contributed by atoms with Gasteiger partial charge in [0, 0.05) is 12.1 Å². The van der Waals surface area contributed by atoms with E-state index in [1.54, 1.807) is 30.3 Å². The van der Waals surface area contributed by atoms with Crippen LogP contribution in [0.25, 0.3) is 0 Å². The number of nitrogens with one attached hydrogen (secondary N) is 4. The van der Waals surface area contributed by atoms with Crippen molar-refractivity contribution in [2.24, 2.45) is 22.2 Å². The van der Waals surface area contributed by atoms with Gasteiger partial charge in [0.15, 0.2) is 5.96 Å². The number of aliphatic imine (C=N–C) groups is 1. The molecule has 4 amide bonds. The molecule has 0 heterocycles. The van der Waals surface area contributed by atoms with Crippen LogP contribution in [0.3, 0.4) is 0 Å². The van der Waals surface area contributed by atoms with Crippen molar-refractivity contribution in [1.29, 1.82) is 0 Å². The second kappa shape index (κ2) is 22.7. The summed E-state index contributed by atoms with van der Waals surface area (Å²) >= 11 is 0. The summed E-state index contributed by atoms with van der Waals surface area (Å²) in [5.74, 6) is -2.11. The first-order valence-corrected chi connectivity index (χ1v) is 16.7. The van der Waals surface area contributed by atoms with Crippen molar-refractivity contribution in [3.8, 4) is 0 Å². The number of carbonyl (C=O) groups is 5. The van der Waals surface area contributed by atoms with Crippen LogP contribution >= 0.6 is 0 Å². The van der Waals surface area contributed by atoms with Crippen molar-refractivity contribution in [3.63, 3.8) is 0 Å². The van der Waals surface area contributed by atoms with Crippen molar-refractivity contribution in [1.82, 2.24) is 21.3 Å². The van der Waals surface area contributed by atoms with Gasteiger partial charge in [-0.3, -0.25) is 24.2 Å². The van der Waals surface area contributed by atoms with Crippen LogP contribution < -0.4 is 38.5 Å². The molecular formula is C35H52N8O5. The lowest BCUT2D eigenvalue weighted by Crippen LogP contribution is -2.57. The molecule has 48 heavy (non-hydrogen) atoms. The molecule has 262 valence electrons. The summed E-state index contributed by atoms with van der Waals surface area (Å²) in [5.41, 5.74) is 18.0. The van der Waals surface area contributed by atoms with Gasteiger partial charge in [-0.25, -0.2) is 0 Å². The molecule has 2 rings (SSSR count). The third kappa shape index (κ3) is 15.2. The van der Waals surface area contributed by atoms with E-state index in [4.69, 9.17) is 17.2 Å². The van der Waals surface area contributed by atoms with E-state index in [-0.39, 0.29) is 25.3 Å². The van der Waals surface area contributed by atoms with Crippen LogP contribution in [0.5, 0.6) is 0 Å². The second-order valence-electron chi connectivity index (χ2n) is 11.7. The molecule has 0 saturated heterocycles. The highest BCUT2D eigenvalue weighted by Crippen LogP contribution is 2.10. The van der Waals surface area contributed by atoms with Gasteiger partial charge in [0.1, 0.15) is 24.4 Å². The maximum atomic E-state index is 13.7. The number of nitrogens with zero attached hydrogens (tertiary/aromatic N) is 1. The molecular weight excluding hydrogens is 612 g/mol. The third-order valence-electron chi connectivity index (χ3n) is 7.74. The number of nitrogens with two attached hydrogens (primary N) is 3. The average molecular weight is 665 g/mol. The molecule has 0 unspecified atom stereocenters. The largest absolute Gasteiger partial charge is 0.370 e. The monoisotopic (exact) mass is 664 g/mol. The van der Waals surface area contributed by atoms with Crippen LogP contribution in [0.15, 0.2) is 65.7 Å². The number of hydrogen-bond acceptors (Lipinski definition) is 7. The molecule has 10 N–H and O–H groups in total. The quantitative estimate of drug-likeness (QED) is 0.0397. The van der Waals surface area contributed by atoms with E-state index in [1.807, 2.05) is 37.3 Å². The molecule has 2 aromatic rings. The first kappa shape index (κ1) is 39.4. The fourth-order valence-corrected chi connectivity index (χ4v) is 5.01. The number of hydrogen-bond donors (Lipinski definition) is 7. The summed E-state index contributed by atoms with van der Waals surface area (Å²) < 4.78 is 0. The Hall–Kier alpha value is -4.78. The standard InChI is InChI=1S/C35H52N8O5/c1-2-3-17-28(41-31(45)26-15-8-5-9-16-26)33(47)42-29(18-10-11-22-36)34(48)43-30(19-12-23-39-35(37)38)32(46)40-27(24-44)21-20-25-13-6-4-7-14-25/h4-9,13-16,24,27-30H,2-3,10-12,17-23,36H2,1H3,(H,40,46)(H,41,45)(H,42,47)(H,43,48)(H4,37,38,39)/t27-,28-,29-,30-/m0/s1. The second-order valence-corrected chi connectivity index (χ2v) is 11.7. The minimum atomic E-state index is -1.03. The van der Waals surface area contributed by atoms with E-state index < -0.39 is 47.8 Å². The van der Waals surface area contributed by atoms with E-state index in [0.29, 0.717) is 63.3 Å². The van der Waals surface area contributed by atoms with Gasteiger partial charge in [0.05, 0.1) is 6.04 Å². The molecule has 0 radical (unpaired) electrons. The molecule has 0 aliphatic heterocycles. The van der Waals surface area contributed by atoms with Gasteiger partial charge in [0.25, 0.3) is 5.91 Å². The lowest BCUT2D eigenvalue weighted by Gasteiger charge is -2.26. The number of amides is 4. The van der Waals surface area contributed by atoms with Crippen LogP contribution in [0.2, 0.25) is 0 Å². The Balaban J connectivity index is 2.20. The molecule has 0 spiro atoms. The zero-order valence-electron chi connectivity index (χ0n) is 27.9. The molecule has 13 nitrogen and oxygen atoms in total. The summed E-state index contributed by atoms with van der Waals surface area (Å²) in [7, 11) is 0. The van der Waals surface area contributed by atoms with Crippen molar-refractivity contribution >= 4 is 35.9 Å². The summed E-state index contributed by atoms with van der Waals surface area (Å²) in [6.07, 6.45) is 5.44. The van der Waals surface area contributed by atoms with Gasteiger partial charge in [-0.2, -0.15) is 0 Å². The average Bonchev–Trinajstić information content (AvgIpc) is 3.09. The smallest absolute Gasteiger partial charge is 0.251 e. The van der Waals surface area contributed by atoms with Gasteiger partial charge in [-0.05, 0) is 75.6 Å². The van der Waals surface area contributed by atoms with Crippen molar-refractivity contribution < 1.29 is 24.0 Å². The van der Waals surface area contributed by atoms with Crippen molar-refractivity contribution in [2.75, 3.05) is 13.1 Å². The number of carbonyl (C=O) groups excluding carboxylic acids is 5. The summed E-state index contributed by atoms with van der Waals surface area (Å²) in [4.78, 5) is 69.5. The highest BCUT2D eigenvalue weighted by atomic mass is 16.2. The Kier molecular flexibility index (Phi) is 18.6. The maximum Gasteiger partial charge on any atom is 0.251 e. The topological polar surface area (TPSA) is 224 Å². The molecule has 0 aromatic heterocycles. The molecule has 13 heteroatoms. The van der Waals surface area contributed by atoms with Crippen LogP contribution in [0.1, 0.15) is 80.6 Å². The molecule has 0 saturated carbocycles. The van der Waals surface area contributed by atoms with Crippen LogP contribution in [-0.2, 0) is 25.6 Å². The fraction of sp³-hybridized carbons (Fsp3) is 0.486. The predicted molar refractivity (Wildman–Crippen MR) is 187 cm³/mol. The van der Waals surface area contributed by atoms with E-state index >= 15 is 0 Å². The molecule has 0 aliphatic rings. The first-order valence-electron chi connectivity index (χ1n) is 16.7. The lowest BCUT2D eigenvalue weighted by atomic mass is 10.0. The molecule has 0 aliphatic carbocycles. The molecule has 0 fully saturated rings. The number of aryl methyl sites for hydroxylation is 1. The number of benzene rings is 2. The van der Waals surface area contributed by atoms with Crippen LogP contribution in [0, 0.1) is 0 Å². The van der Waals surface area contributed by atoms with Gasteiger partial charge in [-0.15, -0.1) is 0 Å². The number of rotatable bonds is 23. The van der Waals surface area contributed by atoms with E-state index in [2.05, 4.69) is 26.3 Å². The highest BCUT2D eigenvalue weighted by molar-refractivity contribution is 5.98. The van der Waals surface area contributed by atoms with E-state index in [0.717, 1.165) is 12.0 Å². The summed E-state index contributed by atoms with van der Waals surface area (Å²) in [6.45, 7) is 2.61. The third-order valence-corrected chi connectivity index (χ3v) is 7.74. The fourth-order valence-electron chi connectivity index (χ4n) is 5.01. The van der Waals surface area contributed by atoms with Gasteiger partial charge < -0.3 is 43.3 Å². The Labute approximate surface area is 283 Å². The Morgan fingerprint density at radius 3 is 1.81 bits per heavy atom. The van der Waals surface area contributed by atoms with E-state index in [9.17, 15) is 24.0 Å². The number of guanidine groups is 1. The van der Waals surface area contributed by atoms with Gasteiger partial charge >= 0.3 is 0 Å². The molecule has 0 bridgehead atoms. The summed E-state index contributed by atoms with van der Waals surface area (Å²) in [6, 6.07) is 14.5. The highest BCUT2D eigenvalue weighted by Gasteiger charge is 2.30. The van der Waals surface area contributed by atoms with Gasteiger partial charge in [0.2, 0.25) is 17.7 Å². The zero-order chi connectivity index (χ0) is 35.1. The Morgan fingerprint density at radius 2 is 1.25 bits per heavy atom. The van der Waals surface area contributed by atoms with Crippen molar-refractivity contribution in [2.45, 2.75) is 95.3 Å². The predicted octanol–water partition coefficient (Wildman–Crippen LogP) is 1.44. The number of unbranched alkanes of at least 4 members (excludes halogenated alkanes) is 2. The van der Waals surface area contributed by atoms with Crippen LogP contribution in [-0.4, -0.2) is 73.1 Å². The van der Waals surface area contributed by atoms with E-state index in [1.165, 1.54) is 0 Å². The zero-order valence-corrected chi connectivity index (χ0v) is 27.9. The van der Waals surface area contributed by atoms with Gasteiger partial charge in [-0.1, -0.05) is 68.3 Å². The minimum absolute atomic E-state index is 0.0957. The summed E-state index contributed by atoms with van der Waals surface area (Å²) in [5, 5.41) is 11.1.